The third-order valence-electron chi connectivity index (χ3n) is 9.55. The van der Waals surface area contributed by atoms with E-state index in [2.05, 4.69) is 24.4 Å². The molecule has 1 N–H and O–H groups in total. The second kappa shape index (κ2) is 6.94. The first-order valence-electron chi connectivity index (χ1n) is 11.6. The summed E-state index contributed by atoms with van der Waals surface area (Å²) in [4.78, 5) is 14.4. The fraction of sp³-hybridized carbons (Fsp3) is 0.800. The summed E-state index contributed by atoms with van der Waals surface area (Å²) in [6, 6.07) is 4.19. The molecule has 5 rings (SSSR count). The number of hydrogen-bond acceptors (Lipinski definition) is 3. The van der Waals surface area contributed by atoms with E-state index in [1.807, 2.05) is 6.92 Å². The smallest absolute Gasteiger partial charge is 0.141 e. The Labute approximate surface area is 174 Å². The Kier molecular flexibility index (Phi) is 4.79. The Hall–Kier alpha value is -0.670. The van der Waals surface area contributed by atoms with E-state index < -0.39 is 5.60 Å². The van der Waals surface area contributed by atoms with E-state index in [0.717, 1.165) is 48.9 Å². The molecule has 0 bridgehead atoms. The van der Waals surface area contributed by atoms with Crippen LogP contribution in [0.3, 0.4) is 0 Å². The van der Waals surface area contributed by atoms with Gasteiger partial charge in [-0.05, 0) is 111 Å². The van der Waals surface area contributed by atoms with Crippen LogP contribution >= 0.6 is 11.3 Å². The molecule has 0 amide bonds. The average molecular weight is 401 g/mol. The van der Waals surface area contributed by atoms with Crippen LogP contribution in [0.4, 0.5) is 0 Å². The van der Waals surface area contributed by atoms with Crippen molar-refractivity contribution in [3.05, 3.63) is 22.4 Å². The molecule has 3 heteroatoms. The third kappa shape index (κ3) is 3.12. The largest absolute Gasteiger partial charge is 0.390 e. The quantitative estimate of drug-likeness (QED) is 0.688. The summed E-state index contributed by atoms with van der Waals surface area (Å²) in [5.74, 6) is 4.82. The normalized spacial score (nSPS) is 47.8. The van der Waals surface area contributed by atoms with Crippen LogP contribution in [0.15, 0.2) is 17.5 Å². The van der Waals surface area contributed by atoms with E-state index in [0.29, 0.717) is 12.2 Å². The Balaban J connectivity index is 1.32. The van der Waals surface area contributed by atoms with Gasteiger partial charge in [0.05, 0.1) is 5.60 Å². The van der Waals surface area contributed by atoms with Gasteiger partial charge in [0.15, 0.2) is 0 Å². The molecule has 0 radical (unpaired) electrons. The second-order valence-electron chi connectivity index (χ2n) is 11.1. The summed E-state index contributed by atoms with van der Waals surface area (Å²) in [6.07, 6.45) is 11.5. The topological polar surface area (TPSA) is 37.3 Å². The minimum absolute atomic E-state index is 0.239. The Bertz CT molecular complexity index is 723. The zero-order chi connectivity index (χ0) is 19.5. The van der Waals surface area contributed by atoms with Crippen molar-refractivity contribution >= 4 is 17.1 Å². The van der Waals surface area contributed by atoms with Crippen LogP contribution in [-0.4, -0.2) is 16.5 Å². The van der Waals surface area contributed by atoms with Crippen molar-refractivity contribution in [1.82, 2.24) is 0 Å². The van der Waals surface area contributed by atoms with Gasteiger partial charge in [-0.25, -0.2) is 0 Å². The number of Topliss-reactive ketones (excluding diaryl/α,β-unsaturated/α-hetero) is 1. The summed E-state index contributed by atoms with van der Waals surface area (Å²) in [6.45, 7) is 4.52. The van der Waals surface area contributed by atoms with Crippen LogP contribution in [0.25, 0.3) is 0 Å². The maximum atomic E-state index is 13.2. The molecule has 4 aliphatic rings. The molecule has 0 saturated heterocycles. The van der Waals surface area contributed by atoms with Crippen molar-refractivity contribution in [1.29, 1.82) is 0 Å². The van der Waals surface area contributed by atoms with Crippen LogP contribution in [0, 0.1) is 40.9 Å². The standard InChI is InChI=1S/C25H36O2S/c1-24(27)11-9-18-16(15-24)5-6-20-19(18)10-12-25(2)21(20)7-8-22(25)23(26)14-17-4-3-13-28-17/h3-4,13,16,18-22,27H,5-12,14-15H2,1-2H3/t16-,18+,19-,20-,21+,22-,24-,25+/m1/s1. The van der Waals surface area contributed by atoms with Crippen molar-refractivity contribution in [2.24, 2.45) is 40.9 Å². The Morgan fingerprint density at radius 1 is 1.07 bits per heavy atom. The molecule has 4 saturated carbocycles. The second-order valence-corrected chi connectivity index (χ2v) is 12.1. The lowest BCUT2D eigenvalue weighted by atomic mass is 9.49. The molecule has 1 aromatic rings. The predicted molar refractivity (Wildman–Crippen MR) is 114 cm³/mol. The maximum Gasteiger partial charge on any atom is 0.141 e. The average Bonchev–Trinajstić information content (AvgIpc) is 3.27. The van der Waals surface area contributed by atoms with Gasteiger partial charge in [0, 0.05) is 17.2 Å². The van der Waals surface area contributed by atoms with Gasteiger partial charge in [-0.15, -0.1) is 11.3 Å². The molecule has 1 heterocycles. The van der Waals surface area contributed by atoms with Gasteiger partial charge in [0.1, 0.15) is 5.78 Å². The van der Waals surface area contributed by atoms with Gasteiger partial charge in [-0.2, -0.15) is 0 Å². The van der Waals surface area contributed by atoms with E-state index in [4.69, 9.17) is 0 Å². The summed E-state index contributed by atoms with van der Waals surface area (Å²) in [5, 5.41) is 12.7. The van der Waals surface area contributed by atoms with E-state index in [-0.39, 0.29) is 11.3 Å². The Morgan fingerprint density at radius 2 is 1.89 bits per heavy atom. The molecule has 28 heavy (non-hydrogen) atoms. The minimum Gasteiger partial charge on any atom is -0.390 e. The molecule has 1 aromatic heterocycles. The highest BCUT2D eigenvalue weighted by atomic mass is 32.1. The zero-order valence-electron chi connectivity index (χ0n) is 17.5. The van der Waals surface area contributed by atoms with Crippen molar-refractivity contribution < 1.29 is 9.90 Å². The number of carbonyl (C=O) groups is 1. The van der Waals surface area contributed by atoms with E-state index in [1.54, 1.807) is 11.3 Å². The minimum atomic E-state index is -0.427. The fourth-order valence-corrected chi connectivity index (χ4v) is 9.03. The highest BCUT2D eigenvalue weighted by Gasteiger charge is 2.58. The molecule has 154 valence electrons. The lowest BCUT2D eigenvalue weighted by Gasteiger charge is -2.56. The molecule has 0 aromatic carbocycles. The molecule has 0 unspecified atom stereocenters. The first-order valence-corrected chi connectivity index (χ1v) is 12.5. The first kappa shape index (κ1) is 19.3. The molecule has 0 spiro atoms. The van der Waals surface area contributed by atoms with E-state index >= 15 is 0 Å². The van der Waals surface area contributed by atoms with Crippen LogP contribution in [0.2, 0.25) is 0 Å². The molecule has 4 fully saturated rings. The van der Waals surface area contributed by atoms with Crippen LogP contribution in [0.5, 0.6) is 0 Å². The van der Waals surface area contributed by atoms with Gasteiger partial charge >= 0.3 is 0 Å². The summed E-state index contributed by atoms with van der Waals surface area (Å²) in [5.41, 5.74) is -0.188. The van der Waals surface area contributed by atoms with Crippen LogP contribution < -0.4 is 0 Å². The van der Waals surface area contributed by atoms with Crippen molar-refractivity contribution in [2.75, 3.05) is 0 Å². The molecule has 2 nitrogen and oxygen atoms in total. The third-order valence-corrected chi connectivity index (χ3v) is 10.4. The summed E-state index contributed by atoms with van der Waals surface area (Å²) in [7, 11) is 0. The number of ketones is 1. The number of thiophene rings is 1. The highest BCUT2D eigenvalue weighted by Crippen LogP contribution is 2.64. The first-order chi connectivity index (χ1) is 13.4. The van der Waals surface area contributed by atoms with E-state index in [9.17, 15) is 9.90 Å². The van der Waals surface area contributed by atoms with Crippen molar-refractivity contribution in [3.8, 4) is 0 Å². The molecular weight excluding hydrogens is 364 g/mol. The predicted octanol–water partition coefficient (Wildman–Crippen LogP) is 5.88. The van der Waals surface area contributed by atoms with Gasteiger partial charge in [0.2, 0.25) is 0 Å². The SMILES string of the molecule is C[C@@]1(O)CC[C@H]2[C@H](CC[C@@H]3[C@@H]2CC[C@]2(C)[C@@H](C(=O)Cc4cccs4)CC[C@@H]32)C1. The van der Waals surface area contributed by atoms with Gasteiger partial charge in [-0.1, -0.05) is 13.0 Å². The number of hydrogen-bond donors (Lipinski definition) is 1. The van der Waals surface area contributed by atoms with Crippen LogP contribution in [-0.2, 0) is 11.2 Å². The monoisotopic (exact) mass is 400 g/mol. The number of rotatable bonds is 3. The summed E-state index contributed by atoms with van der Waals surface area (Å²) >= 11 is 1.73. The Morgan fingerprint density at radius 3 is 2.68 bits per heavy atom. The number of carbonyl (C=O) groups excluding carboxylic acids is 1. The van der Waals surface area contributed by atoms with Gasteiger partial charge < -0.3 is 5.11 Å². The molecule has 0 aliphatic heterocycles. The lowest BCUT2D eigenvalue weighted by Crippen LogP contribution is -2.51. The zero-order valence-corrected chi connectivity index (χ0v) is 18.3. The maximum absolute atomic E-state index is 13.2. The lowest BCUT2D eigenvalue weighted by molar-refractivity contribution is -0.131. The molecule has 4 aliphatic carbocycles. The van der Waals surface area contributed by atoms with Crippen molar-refractivity contribution in [2.45, 2.75) is 83.7 Å². The number of fused-ring (bicyclic) bond motifs is 5. The number of aliphatic hydroxyl groups is 1. The molecule has 8 atom stereocenters. The van der Waals surface area contributed by atoms with Crippen LogP contribution in [0.1, 0.15) is 76.5 Å². The van der Waals surface area contributed by atoms with E-state index in [1.165, 1.54) is 43.4 Å². The van der Waals surface area contributed by atoms with Crippen molar-refractivity contribution in [3.63, 3.8) is 0 Å². The van der Waals surface area contributed by atoms with Gasteiger partial charge in [-0.3, -0.25) is 4.79 Å². The highest BCUT2D eigenvalue weighted by molar-refractivity contribution is 7.10. The molecular formula is C25H36O2S. The fourth-order valence-electron chi connectivity index (χ4n) is 8.32. The van der Waals surface area contributed by atoms with Gasteiger partial charge in [0.25, 0.3) is 0 Å². The summed E-state index contributed by atoms with van der Waals surface area (Å²) < 4.78 is 0.